The number of hydrogen-bond donors (Lipinski definition) is 2. The first kappa shape index (κ1) is 24.5. The van der Waals surface area contributed by atoms with Gasteiger partial charge in [-0.05, 0) is 61.4 Å². The number of rotatable bonds is 6. The average Bonchev–Trinajstić information content (AvgIpc) is 2.86. The van der Waals surface area contributed by atoms with Crippen molar-refractivity contribution in [1.82, 2.24) is 4.31 Å². The van der Waals surface area contributed by atoms with Crippen molar-refractivity contribution in [2.24, 2.45) is 5.92 Å². The van der Waals surface area contributed by atoms with Crippen molar-refractivity contribution in [1.29, 1.82) is 0 Å². The number of anilines is 2. The van der Waals surface area contributed by atoms with Crippen LogP contribution in [0.25, 0.3) is 0 Å². The summed E-state index contributed by atoms with van der Waals surface area (Å²) >= 11 is 0. The van der Waals surface area contributed by atoms with Gasteiger partial charge in [0.05, 0.1) is 0 Å². The molecule has 2 N–H and O–H groups in total. The molecule has 1 heterocycles. The van der Waals surface area contributed by atoms with E-state index in [1.54, 1.807) is 48.5 Å². The van der Waals surface area contributed by atoms with Gasteiger partial charge in [-0.15, -0.1) is 0 Å². The molecule has 0 unspecified atom stereocenters. The Bertz CT molecular complexity index is 1340. The average molecular weight is 500 g/mol. The van der Waals surface area contributed by atoms with Crippen molar-refractivity contribution in [3.8, 4) is 0 Å². The Morgan fingerprint density at radius 2 is 1.49 bits per heavy atom. The van der Waals surface area contributed by atoms with E-state index in [2.05, 4.69) is 10.6 Å². The maximum atomic E-state index is 14.0. The number of halogens is 2. The van der Waals surface area contributed by atoms with Crippen LogP contribution in [0.5, 0.6) is 0 Å². The molecule has 182 valence electrons. The van der Waals surface area contributed by atoms with Crippen LogP contribution >= 0.6 is 0 Å². The smallest absolute Gasteiger partial charge is 0.255 e. The summed E-state index contributed by atoms with van der Waals surface area (Å²) in [5, 5.41) is 5.58. The molecule has 35 heavy (non-hydrogen) atoms. The van der Waals surface area contributed by atoms with Crippen LogP contribution in [0.4, 0.5) is 20.2 Å². The highest BCUT2D eigenvalue weighted by molar-refractivity contribution is 7.89. The summed E-state index contributed by atoms with van der Waals surface area (Å²) in [4.78, 5) is 24.4. The highest BCUT2D eigenvalue weighted by Gasteiger charge is 2.33. The first-order valence-electron chi connectivity index (χ1n) is 11.0. The highest BCUT2D eigenvalue weighted by Crippen LogP contribution is 2.27. The fourth-order valence-electron chi connectivity index (χ4n) is 3.88. The largest absolute Gasteiger partial charge is 0.326 e. The monoisotopic (exact) mass is 499 g/mol. The molecule has 3 aromatic rings. The molecule has 0 aliphatic carbocycles. The molecule has 0 radical (unpaired) electrons. The van der Waals surface area contributed by atoms with Crippen LogP contribution < -0.4 is 10.6 Å². The van der Waals surface area contributed by atoms with Crippen molar-refractivity contribution in [3.05, 3.63) is 90.0 Å². The summed E-state index contributed by atoms with van der Waals surface area (Å²) in [6.45, 7) is 0.00704. The molecule has 10 heteroatoms. The second-order valence-electron chi connectivity index (χ2n) is 8.14. The molecule has 7 nitrogen and oxygen atoms in total. The summed E-state index contributed by atoms with van der Waals surface area (Å²) in [5.74, 6) is -2.89. The summed E-state index contributed by atoms with van der Waals surface area (Å²) in [5.41, 5.74) is 1.49. The van der Waals surface area contributed by atoms with Gasteiger partial charge in [0.2, 0.25) is 15.9 Å². The van der Waals surface area contributed by atoms with Gasteiger partial charge in [-0.2, -0.15) is 4.31 Å². The van der Waals surface area contributed by atoms with Gasteiger partial charge < -0.3 is 10.6 Å². The fourth-order valence-corrected chi connectivity index (χ4v) is 5.43. The number of benzene rings is 3. The van der Waals surface area contributed by atoms with Gasteiger partial charge in [0.25, 0.3) is 5.91 Å². The van der Waals surface area contributed by atoms with E-state index < -0.39 is 32.5 Å². The lowest BCUT2D eigenvalue weighted by Gasteiger charge is -2.30. The minimum absolute atomic E-state index is 0.00352. The Balaban J connectivity index is 1.36. The fraction of sp³-hybridized carbons (Fsp3) is 0.200. The van der Waals surface area contributed by atoms with Gasteiger partial charge in [0, 0.05) is 35.9 Å². The third-order valence-corrected chi connectivity index (χ3v) is 7.67. The lowest BCUT2D eigenvalue weighted by atomic mass is 9.97. The number of piperidine rings is 1. The van der Waals surface area contributed by atoms with Crippen molar-refractivity contribution in [3.63, 3.8) is 0 Å². The maximum absolute atomic E-state index is 14.0. The Kier molecular flexibility index (Phi) is 7.23. The van der Waals surface area contributed by atoms with Gasteiger partial charge in [0.1, 0.15) is 16.5 Å². The maximum Gasteiger partial charge on any atom is 0.255 e. The normalized spacial score (nSPS) is 14.9. The molecular weight excluding hydrogens is 476 g/mol. The molecule has 0 bridgehead atoms. The van der Waals surface area contributed by atoms with Gasteiger partial charge in [-0.1, -0.05) is 24.3 Å². The van der Waals surface area contributed by atoms with Gasteiger partial charge in [-0.3, -0.25) is 9.59 Å². The first-order valence-corrected chi connectivity index (χ1v) is 12.4. The van der Waals surface area contributed by atoms with Crippen molar-refractivity contribution in [2.45, 2.75) is 17.7 Å². The predicted molar refractivity (Wildman–Crippen MR) is 127 cm³/mol. The van der Waals surface area contributed by atoms with E-state index in [0.29, 0.717) is 23.0 Å². The van der Waals surface area contributed by atoms with Crippen LogP contribution in [-0.2, 0) is 14.8 Å². The second kappa shape index (κ2) is 10.3. The second-order valence-corrected chi connectivity index (χ2v) is 10.0. The van der Waals surface area contributed by atoms with Crippen molar-refractivity contribution >= 4 is 33.2 Å². The summed E-state index contributed by atoms with van der Waals surface area (Å²) in [6.07, 6.45) is 0.457. The van der Waals surface area contributed by atoms with Gasteiger partial charge in [-0.25, -0.2) is 17.2 Å². The molecule has 3 aromatic carbocycles. The summed E-state index contributed by atoms with van der Waals surface area (Å²) in [7, 11) is -4.22. The van der Waals surface area contributed by atoms with E-state index in [1.807, 2.05) is 6.07 Å². The summed E-state index contributed by atoms with van der Waals surface area (Å²) in [6, 6.07) is 17.7. The molecule has 0 aromatic heterocycles. The Labute approximate surface area is 201 Å². The van der Waals surface area contributed by atoms with E-state index in [-0.39, 0.29) is 37.7 Å². The topological polar surface area (TPSA) is 95.6 Å². The van der Waals surface area contributed by atoms with E-state index in [9.17, 15) is 26.8 Å². The molecule has 0 spiro atoms. The number of carbonyl (C=O) groups is 2. The predicted octanol–water partition coefficient (Wildman–Crippen LogP) is 4.26. The van der Waals surface area contributed by atoms with Crippen molar-refractivity contribution in [2.75, 3.05) is 23.7 Å². The van der Waals surface area contributed by atoms with Crippen LogP contribution in [-0.4, -0.2) is 37.6 Å². The molecule has 4 rings (SSSR count). The lowest BCUT2D eigenvalue weighted by molar-refractivity contribution is -0.120. The van der Waals surface area contributed by atoms with E-state index >= 15 is 0 Å². The van der Waals surface area contributed by atoms with Crippen LogP contribution in [0.1, 0.15) is 23.2 Å². The zero-order valence-corrected chi connectivity index (χ0v) is 19.4. The van der Waals surface area contributed by atoms with Crippen LogP contribution in [0.3, 0.4) is 0 Å². The zero-order chi connectivity index (χ0) is 25.0. The number of hydrogen-bond acceptors (Lipinski definition) is 4. The molecule has 1 aliphatic heterocycles. The van der Waals surface area contributed by atoms with Gasteiger partial charge in [0.15, 0.2) is 0 Å². The van der Waals surface area contributed by atoms with E-state index in [0.717, 1.165) is 16.4 Å². The molecule has 1 aliphatic rings. The highest BCUT2D eigenvalue weighted by atomic mass is 32.2. The third-order valence-electron chi connectivity index (χ3n) is 5.76. The quantitative estimate of drug-likeness (QED) is 0.530. The number of carbonyl (C=O) groups excluding carboxylic acids is 2. The number of amides is 2. The molecule has 1 saturated heterocycles. The SMILES string of the molecule is O=C(Nc1cccc(NC(=O)C2CCN(S(=O)(=O)c3cc(F)ccc3F)CC2)c1)c1ccccc1. The van der Waals surface area contributed by atoms with Gasteiger partial charge >= 0.3 is 0 Å². The molecular formula is C25H23F2N3O4S. The number of nitrogens with zero attached hydrogens (tertiary/aromatic N) is 1. The van der Waals surface area contributed by atoms with Crippen LogP contribution in [0, 0.1) is 17.6 Å². The Morgan fingerprint density at radius 1 is 0.829 bits per heavy atom. The molecule has 0 saturated carbocycles. The van der Waals surface area contributed by atoms with Crippen molar-refractivity contribution < 1.29 is 26.8 Å². The Hall–Kier alpha value is -3.63. The molecule has 2 amide bonds. The van der Waals surface area contributed by atoms with Crippen LogP contribution in [0.15, 0.2) is 77.7 Å². The first-order chi connectivity index (χ1) is 16.7. The zero-order valence-electron chi connectivity index (χ0n) is 18.6. The number of sulfonamides is 1. The Morgan fingerprint density at radius 3 is 2.17 bits per heavy atom. The van der Waals surface area contributed by atoms with E-state index in [1.165, 1.54) is 0 Å². The van der Waals surface area contributed by atoms with E-state index in [4.69, 9.17) is 0 Å². The minimum Gasteiger partial charge on any atom is -0.326 e. The van der Waals surface area contributed by atoms with Crippen LogP contribution in [0.2, 0.25) is 0 Å². The molecule has 0 atom stereocenters. The summed E-state index contributed by atoms with van der Waals surface area (Å²) < 4.78 is 54.0. The lowest BCUT2D eigenvalue weighted by Crippen LogP contribution is -2.41. The molecule has 1 fully saturated rings. The minimum atomic E-state index is -4.22. The number of nitrogens with one attached hydrogen (secondary N) is 2. The third kappa shape index (κ3) is 5.72. The standard InChI is InChI=1S/C25H23F2N3O4S/c26-19-9-10-22(27)23(15-19)35(33,34)30-13-11-18(12-14-30)25(32)29-21-8-4-7-20(16-21)28-24(31)17-5-2-1-3-6-17/h1-10,15-16,18H,11-14H2,(H,28,31)(H,29,32).